The summed E-state index contributed by atoms with van der Waals surface area (Å²) in [6.45, 7) is 0. The lowest BCUT2D eigenvalue weighted by Gasteiger charge is -2.13. The number of carbonyl (C=O) groups is 1. The second-order valence-corrected chi connectivity index (χ2v) is 7.35. The van der Waals surface area contributed by atoms with Gasteiger partial charge in [-0.25, -0.2) is 14.5 Å². The first-order valence-corrected chi connectivity index (χ1v) is 10.2. The highest BCUT2D eigenvalue weighted by Gasteiger charge is 2.40. The molecule has 12 heteroatoms. The molecule has 0 saturated heterocycles. The van der Waals surface area contributed by atoms with Gasteiger partial charge in [-0.3, -0.25) is 9.78 Å². The lowest BCUT2D eigenvalue weighted by molar-refractivity contribution is -0.143. The van der Waals surface area contributed by atoms with Gasteiger partial charge in [-0.2, -0.15) is 18.3 Å². The van der Waals surface area contributed by atoms with E-state index in [4.69, 9.17) is 4.74 Å². The number of pyridine rings is 1. The molecule has 0 spiro atoms. The SMILES string of the molecule is O=C(Nc1cccc(Oc2ccnc3[nH]c(=O)[nH]c23)c1)c1cnn(-c2ccccc2)c1C(F)(F)F. The minimum absolute atomic E-state index is 0.167. The zero-order valence-corrected chi connectivity index (χ0v) is 17.6. The summed E-state index contributed by atoms with van der Waals surface area (Å²) in [5, 5.41) is 6.25. The first-order valence-electron chi connectivity index (χ1n) is 10.2. The number of hydrogen-bond acceptors (Lipinski definition) is 5. The number of ether oxygens (including phenoxy) is 1. The average molecular weight is 480 g/mol. The number of benzene rings is 2. The zero-order chi connectivity index (χ0) is 24.6. The zero-order valence-electron chi connectivity index (χ0n) is 17.6. The number of aromatic nitrogens is 5. The molecule has 0 aliphatic heterocycles. The quantitative estimate of drug-likeness (QED) is 0.342. The topological polar surface area (TPSA) is 118 Å². The summed E-state index contributed by atoms with van der Waals surface area (Å²) in [5.41, 5.74) is -1.28. The Balaban J connectivity index is 1.43. The Morgan fingerprint density at radius 3 is 2.60 bits per heavy atom. The Morgan fingerprint density at radius 1 is 1.03 bits per heavy atom. The highest BCUT2D eigenvalue weighted by Crippen LogP contribution is 2.34. The Labute approximate surface area is 194 Å². The maximum absolute atomic E-state index is 13.9. The lowest BCUT2D eigenvalue weighted by atomic mass is 10.2. The maximum atomic E-state index is 13.9. The van der Waals surface area contributed by atoms with Crippen LogP contribution in [0.5, 0.6) is 11.5 Å². The van der Waals surface area contributed by atoms with Crippen molar-refractivity contribution in [3.63, 3.8) is 0 Å². The second-order valence-electron chi connectivity index (χ2n) is 7.35. The molecule has 3 aromatic heterocycles. The number of H-pyrrole nitrogens is 2. The van der Waals surface area contributed by atoms with E-state index in [9.17, 15) is 22.8 Å². The maximum Gasteiger partial charge on any atom is 0.434 e. The number of carbonyl (C=O) groups excluding carboxylic acids is 1. The number of aromatic amines is 2. The number of nitrogens with one attached hydrogen (secondary N) is 3. The fourth-order valence-electron chi connectivity index (χ4n) is 3.51. The molecule has 3 N–H and O–H groups in total. The van der Waals surface area contributed by atoms with E-state index in [0.717, 1.165) is 6.20 Å². The van der Waals surface area contributed by atoms with Gasteiger partial charge in [0.25, 0.3) is 5.91 Å². The van der Waals surface area contributed by atoms with Crippen LogP contribution in [0.25, 0.3) is 16.9 Å². The van der Waals surface area contributed by atoms with Crippen LogP contribution in [0, 0.1) is 0 Å². The fraction of sp³-hybridized carbons (Fsp3) is 0.0435. The van der Waals surface area contributed by atoms with E-state index in [2.05, 4.69) is 25.4 Å². The minimum Gasteiger partial charge on any atom is -0.455 e. The van der Waals surface area contributed by atoms with E-state index >= 15 is 0 Å². The third-order valence-electron chi connectivity index (χ3n) is 4.99. The first kappa shape index (κ1) is 21.9. The van der Waals surface area contributed by atoms with E-state index in [0.29, 0.717) is 21.6 Å². The number of anilines is 1. The molecule has 1 amide bonds. The summed E-state index contributed by atoms with van der Waals surface area (Å²) in [4.78, 5) is 33.5. The molecule has 3 heterocycles. The van der Waals surface area contributed by atoms with E-state index in [1.165, 1.54) is 36.5 Å². The van der Waals surface area contributed by atoms with Gasteiger partial charge in [-0.1, -0.05) is 24.3 Å². The normalized spacial score (nSPS) is 11.5. The van der Waals surface area contributed by atoms with E-state index < -0.39 is 29.0 Å². The molecule has 0 bridgehead atoms. The van der Waals surface area contributed by atoms with Crippen LogP contribution in [0.1, 0.15) is 16.1 Å². The number of alkyl halides is 3. The summed E-state index contributed by atoms with van der Waals surface area (Å²) in [7, 11) is 0. The number of amides is 1. The van der Waals surface area contributed by atoms with Gasteiger partial charge >= 0.3 is 11.9 Å². The Kier molecular flexibility index (Phi) is 5.32. The molecule has 0 aliphatic carbocycles. The van der Waals surface area contributed by atoms with Gasteiger partial charge in [0.05, 0.1) is 17.4 Å². The number of para-hydroxylation sites is 1. The van der Waals surface area contributed by atoms with E-state index in [-0.39, 0.29) is 17.1 Å². The van der Waals surface area contributed by atoms with Crippen molar-refractivity contribution in [2.45, 2.75) is 6.18 Å². The van der Waals surface area contributed by atoms with Gasteiger partial charge in [-0.05, 0) is 24.3 Å². The monoisotopic (exact) mass is 480 g/mol. The molecule has 0 saturated carbocycles. The van der Waals surface area contributed by atoms with Crippen molar-refractivity contribution < 1.29 is 22.7 Å². The van der Waals surface area contributed by atoms with E-state index in [1.807, 2.05) is 0 Å². The highest BCUT2D eigenvalue weighted by atomic mass is 19.4. The summed E-state index contributed by atoms with van der Waals surface area (Å²) >= 11 is 0. The molecule has 5 aromatic rings. The van der Waals surface area contributed by atoms with Crippen molar-refractivity contribution in [2.75, 3.05) is 5.32 Å². The van der Waals surface area contributed by atoms with E-state index in [1.54, 1.807) is 30.3 Å². The fourth-order valence-corrected chi connectivity index (χ4v) is 3.51. The predicted octanol–water partition coefficient (Wildman–Crippen LogP) is 4.50. The highest BCUT2D eigenvalue weighted by molar-refractivity contribution is 6.05. The van der Waals surface area contributed by atoms with Crippen LogP contribution < -0.4 is 15.7 Å². The Bertz CT molecular complexity index is 1590. The second kappa shape index (κ2) is 8.48. The number of hydrogen-bond donors (Lipinski definition) is 3. The van der Waals surface area contributed by atoms with Gasteiger partial charge in [0.15, 0.2) is 17.1 Å². The third kappa shape index (κ3) is 4.36. The van der Waals surface area contributed by atoms with Crippen LogP contribution in [0.15, 0.2) is 77.9 Å². The number of halogens is 3. The van der Waals surface area contributed by atoms with Gasteiger partial charge < -0.3 is 15.0 Å². The van der Waals surface area contributed by atoms with Crippen molar-refractivity contribution in [3.8, 4) is 17.2 Å². The van der Waals surface area contributed by atoms with Crippen molar-refractivity contribution >= 4 is 22.8 Å². The van der Waals surface area contributed by atoms with Crippen LogP contribution in [-0.4, -0.2) is 30.6 Å². The molecule has 0 unspecified atom stereocenters. The van der Waals surface area contributed by atoms with Gasteiger partial charge in [0.1, 0.15) is 11.3 Å². The molecule has 35 heavy (non-hydrogen) atoms. The van der Waals surface area contributed by atoms with Crippen LogP contribution in [0.2, 0.25) is 0 Å². The van der Waals surface area contributed by atoms with Crippen LogP contribution in [0.4, 0.5) is 18.9 Å². The smallest absolute Gasteiger partial charge is 0.434 e. The molecular weight excluding hydrogens is 465 g/mol. The number of fused-ring (bicyclic) bond motifs is 1. The number of imidazole rings is 1. The molecule has 0 atom stereocenters. The van der Waals surface area contributed by atoms with Gasteiger partial charge in [0.2, 0.25) is 0 Å². The molecule has 0 radical (unpaired) electrons. The summed E-state index contributed by atoms with van der Waals surface area (Å²) in [5.74, 6) is -0.424. The van der Waals surface area contributed by atoms with Crippen LogP contribution in [-0.2, 0) is 6.18 Å². The molecule has 5 rings (SSSR count). The molecule has 0 aliphatic rings. The summed E-state index contributed by atoms with van der Waals surface area (Å²) < 4.78 is 48.1. The largest absolute Gasteiger partial charge is 0.455 e. The van der Waals surface area contributed by atoms with Crippen LogP contribution >= 0.6 is 0 Å². The molecule has 2 aromatic carbocycles. The Morgan fingerprint density at radius 2 is 1.83 bits per heavy atom. The molecule has 0 fully saturated rings. The lowest BCUT2D eigenvalue weighted by Crippen LogP contribution is -2.20. The van der Waals surface area contributed by atoms with Crippen molar-refractivity contribution in [1.29, 1.82) is 0 Å². The minimum atomic E-state index is -4.83. The van der Waals surface area contributed by atoms with Gasteiger partial charge in [0, 0.05) is 24.0 Å². The Hall–Kier alpha value is -4.87. The average Bonchev–Trinajstić information content (AvgIpc) is 3.44. The van der Waals surface area contributed by atoms with Crippen molar-refractivity contribution in [1.82, 2.24) is 24.7 Å². The standard InChI is InChI=1S/C23H15F3N6O3/c24-23(25,26)19-16(12-28-32(19)14-6-2-1-3-7-14)21(33)29-13-5-4-8-15(11-13)35-17-9-10-27-20-18(17)30-22(34)31-20/h1-12H,(H,29,33)(H2,27,30,31,34). The van der Waals surface area contributed by atoms with Crippen molar-refractivity contribution in [3.05, 3.63) is 94.8 Å². The first-order chi connectivity index (χ1) is 16.8. The van der Waals surface area contributed by atoms with Gasteiger partial charge in [-0.15, -0.1) is 0 Å². The predicted molar refractivity (Wildman–Crippen MR) is 120 cm³/mol. The molecular formula is C23H15F3N6O3. The van der Waals surface area contributed by atoms with Crippen LogP contribution in [0.3, 0.4) is 0 Å². The van der Waals surface area contributed by atoms with Crippen molar-refractivity contribution in [2.24, 2.45) is 0 Å². The number of rotatable bonds is 5. The summed E-state index contributed by atoms with van der Waals surface area (Å²) in [6, 6.07) is 15.3. The summed E-state index contributed by atoms with van der Waals surface area (Å²) in [6.07, 6.45) is -2.51. The third-order valence-corrected chi connectivity index (χ3v) is 4.99. The number of nitrogens with zero attached hydrogens (tertiary/aromatic N) is 3. The molecule has 9 nitrogen and oxygen atoms in total. The molecule has 176 valence electrons.